The lowest BCUT2D eigenvalue weighted by molar-refractivity contribution is -0.0123. The molecule has 272 valence electrons. The van der Waals surface area contributed by atoms with Gasteiger partial charge in [0, 0.05) is 23.7 Å². The summed E-state index contributed by atoms with van der Waals surface area (Å²) in [6, 6.07) is 6.91. The summed E-state index contributed by atoms with van der Waals surface area (Å²) in [7, 11) is 0. The molecule has 4 heterocycles. The summed E-state index contributed by atoms with van der Waals surface area (Å²) >= 11 is 0. The van der Waals surface area contributed by atoms with Crippen molar-refractivity contribution < 1.29 is 24.1 Å². The zero-order valence-electron chi connectivity index (χ0n) is 31.0. The Morgan fingerprint density at radius 1 is 1.14 bits per heavy atom. The number of fused-ring (bicyclic) bond motifs is 3. The number of aromatic nitrogens is 2. The number of nitrogens with zero attached hydrogens (tertiary/aromatic N) is 5. The van der Waals surface area contributed by atoms with Gasteiger partial charge in [0.25, 0.3) is 0 Å². The van der Waals surface area contributed by atoms with Crippen LogP contribution in [-0.2, 0) is 11.2 Å². The Bertz CT molecular complexity index is 1920. The number of hydrogen-bond donors (Lipinski definition) is 2. The molecule has 2 aromatic carbocycles. The number of ether oxygens (including phenoxy) is 2. The zero-order chi connectivity index (χ0) is 36.1. The molecule has 0 bridgehead atoms. The molecule has 1 aliphatic carbocycles. The average Bonchev–Trinajstić information content (AvgIpc) is 3.63. The van der Waals surface area contributed by atoms with E-state index >= 15 is 4.39 Å². The minimum atomic E-state index is -1.10. The van der Waals surface area contributed by atoms with Gasteiger partial charge < -0.3 is 24.6 Å². The predicted molar refractivity (Wildman–Crippen MR) is 202 cm³/mol. The van der Waals surface area contributed by atoms with Crippen molar-refractivity contribution in [1.82, 2.24) is 14.9 Å². The molecule has 7 rings (SSSR count). The molecule has 10 heteroatoms. The second-order valence-electron chi connectivity index (χ2n) is 15.1. The molecule has 3 aromatic rings. The summed E-state index contributed by atoms with van der Waals surface area (Å²) < 4.78 is 28.0. The van der Waals surface area contributed by atoms with Crippen LogP contribution in [0.1, 0.15) is 96.0 Å². The third-order valence-corrected chi connectivity index (χ3v) is 11.4. The van der Waals surface area contributed by atoms with Gasteiger partial charge in [0.1, 0.15) is 29.6 Å². The SMILES string of the molecule is C/C=C1\C(=NC(C)CC)C(c2cc(O)cc3ccc(F)c(CC)c23)=C(C)c2nc(OCC34CCCN3CCC4)nc(N3CCOCC(C)(O)C3)c21. The number of hydrogen-bond acceptors (Lipinski definition) is 9. The normalized spacial score (nSPS) is 24.4. The first kappa shape index (κ1) is 35.5. The first-order valence-corrected chi connectivity index (χ1v) is 18.7. The van der Waals surface area contributed by atoms with Crippen LogP contribution in [0.2, 0.25) is 0 Å². The van der Waals surface area contributed by atoms with E-state index in [-0.39, 0.29) is 29.8 Å². The number of allylic oxidation sites excluding steroid dienone is 4. The molecule has 3 saturated heterocycles. The van der Waals surface area contributed by atoms with Gasteiger partial charge in [0.2, 0.25) is 0 Å². The van der Waals surface area contributed by atoms with Crippen LogP contribution >= 0.6 is 0 Å². The van der Waals surface area contributed by atoms with Gasteiger partial charge >= 0.3 is 6.01 Å². The summed E-state index contributed by atoms with van der Waals surface area (Å²) in [5.41, 5.74) is 4.96. The highest BCUT2D eigenvalue weighted by Crippen LogP contribution is 2.48. The van der Waals surface area contributed by atoms with Crippen LogP contribution in [-0.4, -0.2) is 94.0 Å². The van der Waals surface area contributed by atoms with Crippen molar-refractivity contribution in [2.24, 2.45) is 4.99 Å². The van der Waals surface area contributed by atoms with Crippen molar-refractivity contribution in [3.63, 3.8) is 0 Å². The fourth-order valence-corrected chi connectivity index (χ4v) is 8.73. The van der Waals surface area contributed by atoms with Crippen LogP contribution in [0, 0.1) is 5.82 Å². The summed E-state index contributed by atoms with van der Waals surface area (Å²) in [5, 5.41) is 24.0. The van der Waals surface area contributed by atoms with Crippen LogP contribution in [0.25, 0.3) is 27.5 Å². The number of phenolic OH excluding ortho intramolecular Hbond substituents is 1. The molecule has 0 saturated carbocycles. The van der Waals surface area contributed by atoms with E-state index in [0.717, 1.165) is 84.0 Å². The van der Waals surface area contributed by atoms with Gasteiger partial charge in [-0.25, -0.2) is 4.39 Å². The molecule has 4 aliphatic rings. The van der Waals surface area contributed by atoms with Gasteiger partial charge in [-0.1, -0.05) is 26.0 Å². The topological polar surface area (TPSA) is 104 Å². The molecule has 0 amide bonds. The Hall–Kier alpha value is -3.86. The third-order valence-electron chi connectivity index (χ3n) is 11.4. The number of β-amino-alcohol motifs (C(OH)–C–C–N with tert-alkyl or cyclic N) is 1. The molecule has 1 aromatic heterocycles. The first-order chi connectivity index (χ1) is 24.5. The van der Waals surface area contributed by atoms with Crippen LogP contribution in [0.5, 0.6) is 11.8 Å². The summed E-state index contributed by atoms with van der Waals surface area (Å²) in [4.78, 5) is 20.3. The van der Waals surface area contributed by atoms with E-state index in [9.17, 15) is 10.2 Å². The quantitative estimate of drug-likeness (QED) is 0.255. The number of aryl methyl sites for hydroxylation is 1. The number of benzene rings is 2. The minimum absolute atomic E-state index is 0.00128. The van der Waals surface area contributed by atoms with E-state index in [1.165, 1.54) is 6.07 Å². The van der Waals surface area contributed by atoms with E-state index in [2.05, 4.69) is 23.6 Å². The van der Waals surface area contributed by atoms with E-state index in [1.807, 2.05) is 26.8 Å². The summed E-state index contributed by atoms with van der Waals surface area (Å²) in [6.07, 6.45) is 7.86. The van der Waals surface area contributed by atoms with E-state index in [4.69, 9.17) is 24.4 Å². The fraction of sp³-hybridized carbons (Fsp3) is 0.537. The van der Waals surface area contributed by atoms with Gasteiger partial charge in [0.15, 0.2) is 0 Å². The molecule has 2 atom stereocenters. The van der Waals surface area contributed by atoms with Crippen molar-refractivity contribution in [3.8, 4) is 11.8 Å². The Kier molecular flexibility index (Phi) is 9.71. The van der Waals surface area contributed by atoms with Crippen molar-refractivity contribution in [3.05, 3.63) is 58.5 Å². The van der Waals surface area contributed by atoms with Gasteiger partial charge in [-0.05, 0) is 125 Å². The van der Waals surface area contributed by atoms with Crippen molar-refractivity contribution in [1.29, 1.82) is 0 Å². The number of phenols is 1. The maximum Gasteiger partial charge on any atom is 0.319 e. The maximum atomic E-state index is 15.5. The van der Waals surface area contributed by atoms with Gasteiger partial charge in [-0.2, -0.15) is 9.97 Å². The van der Waals surface area contributed by atoms with E-state index in [0.29, 0.717) is 61.4 Å². The van der Waals surface area contributed by atoms with Crippen LogP contribution in [0.4, 0.5) is 10.2 Å². The van der Waals surface area contributed by atoms with Crippen LogP contribution in [0.3, 0.4) is 0 Å². The number of halogens is 1. The second-order valence-corrected chi connectivity index (χ2v) is 15.1. The van der Waals surface area contributed by atoms with E-state index in [1.54, 1.807) is 25.1 Å². The largest absolute Gasteiger partial charge is 0.508 e. The lowest BCUT2D eigenvalue weighted by Gasteiger charge is -2.34. The monoisotopic (exact) mass is 697 g/mol. The Morgan fingerprint density at radius 3 is 2.61 bits per heavy atom. The highest BCUT2D eigenvalue weighted by Gasteiger charge is 2.45. The Balaban J connectivity index is 1.51. The van der Waals surface area contributed by atoms with Crippen LogP contribution in [0.15, 0.2) is 35.3 Å². The standard InChI is InChI=1S/C41H52FN5O4/c1-7-25(4)43-37-30(9-3)35-36(26(5)33(37)31-21-28(48)20-27-12-13-32(42)29(8-2)34(27)31)44-39(51-24-41-14-10-16-47(41)17-11-15-41)45-38(35)46-18-19-50-23-40(6,49)22-46/h9,12-13,20-21,25,48-49H,7-8,10-11,14-19,22-24H2,1-6H3/b30-9-,43-37?. The number of aromatic hydroxyl groups is 1. The predicted octanol–water partition coefficient (Wildman–Crippen LogP) is 7.22. The van der Waals surface area contributed by atoms with Crippen molar-refractivity contribution in [2.45, 2.75) is 97.2 Å². The first-order valence-electron chi connectivity index (χ1n) is 18.7. The molecule has 0 spiro atoms. The van der Waals surface area contributed by atoms with E-state index < -0.39 is 5.60 Å². The van der Waals surface area contributed by atoms with Crippen molar-refractivity contribution >= 4 is 39.0 Å². The zero-order valence-corrected chi connectivity index (χ0v) is 31.0. The molecule has 0 radical (unpaired) electrons. The lowest BCUT2D eigenvalue weighted by atomic mass is 9.78. The number of aliphatic imine (C=N–C) groups is 1. The molecule has 2 unspecified atom stereocenters. The minimum Gasteiger partial charge on any atom is -0.508 e. The average molecular weight is 698 g/mol. The highest BCUT2D eigenvalue weighted by molar-refractivity contribution is 6.51. The Morgan fingerprint density at radius 2 is 1.90 bits per heavy atom. The smallest absolute Gasteiger partial charge is 0.319 e. The molecule has 3 fully saturated rings. The number of rotatable bonds is 8. The maximum absolute atomic E-state index is 15.5. The molecule has 2 N–H and O–H groups in total. The second kappa shape index (κ2) is 13.9. The molecule has 9 nitrogen and oxygen atoms in total. The molecular weight excluding hydrogens is 645 g/mol. The molecule has 3 aliphatic heterocycles. The highest BCUT2D eigenvalue weighted by atomic mass is 19.1. The van der Waals surface area contributed by atoms with Crippen LogP contribution < -0.4 is 9.64 Å². The molecular formula is C41H52FN5O4. The number of anilines is 1. The van der Waals surface area contributed by atoms with Gasteiger partial charge in [0.05, 0.1) is 42.3 Å². The van der Waals surface area contributed by atoms with Gasteiger partial charge in [-0.15, -0.1) is 0 Å². The van der Waals surface area contributed by atoms with Crippen molar-refractivity contribution in [2.75, 3.05) is 50.9 Å². The fourth-order valence-electron chi connectivity index (χ4n) is 8.73. The Labute approximate surface area is 300 Å². The lowest BCUT2D eigenvalue weighted by Crippen LogP contribution is -2.44. The summed E-state index contributed by atoms with van der Waals surface area (Å²) in [6.45, 7) is 16.2. The third kappa shape index (κ3) is 6.44. The number of aliphatic hydroxyl groups is 1. The molecule has 51 heavy (non-hydrogen) atoms. The summed E-state index contributed by atoms with van der Waals surface area (Å²) in [5.74, 6) is 0.483. The van der Waals surface area contributed by atoms with Gasteiger partial charge in [-0.3, -0.25) is 9.89 Å².